The van der Waals surface area contributed by atoms with Crippen LogP contribution >= 0.6 is 0 Å². The summed E-state index contributed by atoms with van der Waals surface area (Å²) >= 11 is 0. The van der Waals surface area contributed by atoms with Gasteiger partial charge in [0.15, 0.2) is 34.9 Å². The summed E-state index contributed by atoms with van der Waals surface area (Å²) in [5, 5.41) is 2.03. The summed E-state index contributed by atoms with van der Waals surface area (Å²) < 4.78 is 0. The minimum Gasteiger partial charge on any atom is -0.208 e. The van der Waals surface area contributed by atoms with Gasteiger partial charge < -0.3 is 0 Å². The van der Waals surface area contributed by atoms with Gasteiger partial charge in [0.05, 0.1) is 0 Å². The molecule has 62 heavy (non-hydrogen) atoms. The second-order valence-electron chi connectivity index (χ2n) is 16.5. The van der Waals surface area contributed by atoms with Gasteiger partial charge in [-0.05, 0) is 96.5 Å². The van der Waals surface area contributed by atoms with Crippen LogP contribution in [-0.4, -0.2) is 29.9 Å². The van der Waals surface area contributed by atoms with E-state index in [0.29, 0.717) is 34.9 Å². The van der Waals surface area contributed by atoms with Crippen LogP contribution in [0.5, 0.6) is 0 Å². The molecule has 8 rings (SSSR count). The molecule has 0 amide bonds. The second kappa shape index (κ2) is 20.4. The van der Waals surface area contributed by atoms with Crippen LogP contribution in [0.3, 0.4) is 0 Å². The number of rotatable bonds is 18. The van der Waals surface area contributed by atoms with Crippen molar-refractivity contribution < 1.29 is 0 Å². The molecular formula is C56H58N6. The van der Waals surface area contributed by atoms with Crippen molar-refractivity contribution in [1.82, 2.24) is 29.9 Å². The van der Waals surface area contributed by atoms with Crippen molar-refractivity contribution in [2.24, 2.45) is 0 Å². The van der Waals surface area contributed by atoms with E-state index < -0.39 is 0 Å². The molecule has 0 aliphatic rings. The van der Waals surface area contributed by atoms with Crippen molar-refractivity contribution in [3.63, 3.8) is 0 Å². The van der Waals surface area contributed by atoms with Crippen molar-refractivity contribution in [2.75, 3.05) is 0 Å². The third kappa shape index (κ3) is 10.0. The van der Waals surface area contributed by atoms with Gasteiger partial charge in [-0.1, -0.05) is 175 Å². The first kappa shape index (κ1) is 42.3. The van der Waals surface area contributed by atoms with Crippen LogP contribution in [0, 0.1) is 0 Å². The highest BCUT2D eigenvalue weighted by Gasteiger charge is 2.19. The van der Waals surface area contributed by atoms with Gasteiger partial charge in [-0.2, -0.15) is 0 Å². The van der Waals surface area contributed by atoms with Gasteiger partial charge in [0, 0.05) is 33.4 Å². The van der Waals surface area contributed by atoms with E-state index in [1.807, 2.05) is 0 Å². The Hall–Kier alpha value is -6.40. The molecule has 2 heterocycles. The number of aromatic nitrogens is 6. The van der Waals surface area contributed by atoms with Gasteiger partial charge in [-0.3, -0.25) is 0 Å². The third-order valence-corrected chi connectivity index (χ3v) is 11.8. The number of unbranched alkanes of at least 4 members (excludes halogenated alkanes) is 4. The molecule has 0 radical (unpaired) electrons. The van der Waals surface area contributed by atoms with E-state index in [1.165, 1.54) is 73.6 Å². The summed E-state index contributed by atoms with van der Waals surface area (Å²) in [7, 11) is 0. The molecule has 0 saturated carbocycles. The number of hydrogen-bond acceptors (Lipinski definition) is 6. The Morgan fingerprint density at radius 3 is 0.758 bits per heavy atom. The van der Waals surface area contributed by atoms with Crippen molar-refractivity contribution >= 4 is 10.8 Å². The summed E-state index contributed by atoms with van der Waals surface area (Å²) in [5.74, 6) is 3.88. The number of fused-ring (bicyclic) bond motifs is 1. The molecule has 0 bridgehead atoms. The Balaban J connectivity index is 1.24. The van der Waals surface area contributed by atoms with Crippen LogP contribution in [0.4, 0.5) is 0 Å². The molecule has 312 valence electrons. The van der Waals surface area contributed by atoms with Crippen molar-refractivity contribution in [2.45, 2.75) is 105 Å². The lowest BCUT2D eigenvalue weighted by atomic mass is 9.98. The lowest BCUT2D eigenvalue weighted by Gasteiger charge is -2.14. The smallest absolute Gasteiger partial charge is 0.164 e. The predicted molar refractivity (Wildman–Crippen MR) is 258 cm³/mol. The van der Waals surface area contributed by atoms with Crippen LogP contribution in [0.2, 0.25) is 0 Å². The first-order valence-corrected chi connectivity index (χ1v) is 22.9. The highest BCUT2D eigenvalue weighted by molar-refractivity contribution is 6.03. The number of aryl methyl sites for hydroxylation is 4. The maximum absolute atomic E-state index is 5.20. The van der Waals surface area contributed by atoms with E-state index in [9.17, 15) is 0 Å². The summed E-state index contributed by atoms with van der Waals surface area (Å²) in [5.41, 5.74) is 11.0. The molecule has 6 aromatic carbocycles. The summed E-state index contributed by atoms with van der Waals surface area (Å²) in [6.45, 7) is 8.93. The fraction of sp³-hybridized carbons (Fsp3) is 0.286. The topological polar surface area (TPSA) is 77.3 Å². The fourth-order valence-corrected chi connectivity index (χ4v) is 8.00. The van der Waals surface area contributed by atoms with Gasteiger partial charge in [0.25, 0.3) is 0 Å². The Labute approximate surface area is 368 Å². The fourth-order valence-electron chi connectivity index (χ4n) is 8.00. The highest BCUT2D eigenvalue weighted by atomic mass is 15.0. The third-order valence-electron chi connectivity index (χ3n) is 11.8. The Morgan fingerprint density at radius 2 is 0.516 bits per heavy atom. The lowest BCUT2D eigenvalue weighted by Crippen LogP contribution is -2.02. The summed E-state index contributed by atoms with van der Waals surface area (Å²) in [4.78, 5) is 31.0. The molecular weight excluding hydrogens is 757 g/mol. The molecule has 0 saturated heterocycles. The molecule has 2 aromatic heterocycles. The van der Waals surface area contributed by atoms with E-state index in [1.54, 1.807) is 0 Å². The molecule has 6 heteroatoms. The van der Waals surface area contributed by atoms with Crippen LogP contribution in [0.1, 0.15) is 101 Å². The van der Waals surface area contributed by atoms with Gasteiger partial charge in [0.2, 0.25) is 0 Å². The molecule has 0 N–H and O–H groups in total. The quantitative estimate of drug-likeness (QED) is 0.0858. The summed E-state index contributed by atoms with van der Waals surface area (Å²) in [6.07, 6.45) is 13.6. The molecule has 0 fully saturated rings. The Morgan fingerprint density at radius 1 is 0.274 bits per heavy atom. The highest BCUT2D eigenvalue weighted by Crippen LogP contribution is 2.36. The molecule has 0 unspecified atom stereocenters. The largest absolute Gasteiger partial charge is 0.208 e. The second-order valence-corrected chi connectivity index (χ2v) is 16.5. The zero-order valence-corrected chi connectivity index (χ0v) is 36.9. The predicted octanol–water partition coefficient (Wildman–Crippen LogP) is 14.6. The van der Waals surface area contributed by atoms with Crippen molar-refractivity contribution in [3.05, 3.63) is 156 Å². The minimum absolute atomic E-state index is 0.626. The zero-order chi connectivity index (χ0) is 42.7. The molecule has 0 aliphatic carbocycles. The van der Waals surface area contributed by atoms with E-state index in [2.05, 4.69) is 161 Å². The van der Waals surface area contributed by atoms with Gasteiger partial charge in [-0.15, -0.1) is 0 Å². The standard InChI is InChI=1S/C56H58N6/c1-5-9-15-39-21-29-43(30-22-39)51-57-52(44-31-23-40(24-32-44)16-10-6-2)60-55(59-51)49-37-38-50(48-20-14-13-19-47(48)49)56-61-53(45-33-25-41(26-34-45)17-11-7-3)58-54(62-56)46-35-27-42(28-36-46)18-12-8-4/h13-14,19-38H,5-12,15-18H2,1-4H3. The van der Waals surface area contributed by atoms with Crippen LogP contribution < -0.4 is 0 Å². The Kier molecular flexibility index (Phi) is 13.9. The molecule has 0 aliphatic heterocycles. The Bertz CT molecular complexity index is 2370. The molecule has 6 nitrogen and oxygen atoms in total. The molecule has 0 atom stereocenters. The number of hydrogen-bond donors (Lipinski definition) is 0. The van der Waals surface area contributed by atoms with E-state index in [0.717, 1.165) is 69.8 Å². The first-order valence-electron chi connectivity index (χ1n) is 22.9. The monoisotopic (exact) mass is 814 g/mol. The van der Waals surface area contributed by atoms with Crippen LogP contribution in [0.15, 0.2) is 133 Å². The maximum atomic E-state index is 5.20. The van der Waals surface area contributed by atoms with Gasteiger partial charge in [0.1, 0.15) is 0 Å². The van der Waals surface area contributed by atoms with E-state index >= 15 is 0 Å². The van der Waals surface area contributed by atoms with Crippen LogP contribution in [0.25, 0.3) is 79.1 Å². The maximum Gasteiger partial charge on any atom is 0.164 e. The zero-order valence-electron chi connectivity index (χ0n) is 36.9. The van der Waals surface area contributed by atoms with Gasteiger partial charge >= 0.3 is 0 Å². The van der Waals surface area contributed by atoms with E-state index in [4.69, 9.17) is 29.9 Å². The SMILES string of the molecule is CCCCc1ccc(-c2nc(-c3ccc(CCCC)cc3)nc(-c3ccc(-c4nc(-c5ccc(CCCC)cc5)nc(-c5ccc(CCCC)cc5)n4)c4ccccc34)n2)cc1. The lowest BCUT2D eigenvalue weighted by molar-refractivity contribution is 0.795. The molecule has 0 spiro atoms. The summed E-state index contributed by atoms with van der Waals surface area (Å²) in [6, 6.07) is 47.6. The first-order chi connectivity index (χ1) is 30.5. The average molecular weight is 815 g/mol. The minimum atomic E-state index is 0.626. The van der Waals surface area contributed by atoms with E-state index in [-0.39, 0.29) is 0 Å². The van der Waals surface area contributed by atoms with Crippen LogP contribution in [-0.2, 0) is 25.7 Å². The number of nitrogens with zero attached hydrogens (tertiary/aromatic N) is 6. The van der Waals surface area contributed by atoms with Crippen molar-refractivity contribution in [3.8, 4) is 68.3 Å². The number of benzene rings is 6. The van der Waals surface area contributed by atoms with Crippen molar-refractivity contribution in [1.29, 1.82) is 0 Å². The van der Waals surface area contributed by atoms with Gasteiger partial charge in [-0.25, -0.2) is 29.9 Å². The molecule has 8 aromatic rings. The average Bonchev–Trinajstić information content (AvgIpc) is 3.33. The normalized spacial score (nSPS) is 11.4.